The molecule has 34 heavy (non-hydrogen) atoms. The predicted molar refractivity (Wildman–Crippen MR) is 134 cm³/mol. The average molecular weight is 490 g/mol. The lowest BCUT2D eigenvalue weighted by molar-refractivity contribution is -0.137. The highest BCUT2D eigenvalue weighted by atomic mass is 32.1. The third-order valence-electron chi connectivity index (χ3n) is 7.47. The maximum Gasteiger partial charge on any atom is 0.341 e. The summed E-state index contributed by atoms with van der Waals surface area (Å²) in [7, 11) is 0. The van der Waals surface area contributed by atoms with Gasteiger partial charge in [-0.25, -0.2) is 4.79 Å². The Labute approximate surface area is 207 Å². The van der Waals surface area contributed by atoms with Crippen LogP contribution < -0.4 is 5.32 Å². The van der Waals surface area contributed by atoms with E-state index in [1.54, 1.807) is 6.92 Å². The van der Waals surface area contributed by atoms with Crippen LogP contribution in [0.15, 0.2) is 0 Å². The first kappa shape index (κ1) is 25.2. The van der Waals surface area contributed by atoms with E-state index in [1.165, 1.54) is 29.1 Å². The summed E-state index contributed by atoms with van der Waals surface area (Å²) < 4.78 is 5.31. The summed E-state index contributed by atoms with van der Waals surface area (Å²) >= 11 is 1.53. The van der Waals surface area contributed by atoms with Gasteiger partial charge in [0.2, 0.25) is 11.8 Å². The van der Waals surface area contributed by atoms with E-state index >= 15 is 0 Å². The second-order valence-corrected chi connectivity index (χ2v) is 11.2. The zero-order chi connectivity index (χ0) is 24.1. The Hall–Kier alpha value is -1.93. The summed E-state index contributed by atoms with van der Waals surface area (Å²) in [5.41, 5.74) is 1.62. The molecule has 1 aromatic heterocycles. The van der Waals surface area contributed by atoms with E-state index in [1.807, 2.05) is 0 Å². The molecular weight excluding hydrogens is 450 g/mol. The zero-order valence-electron chi connectivity index (χ0n) is 20.7. The number of ether oxygens (including phenoxy) is 1. The second kappa shape index (κ2) is 11.7. The van der Waals surface area contributed by atoms with Crippen LogP contribution in [0.4, 0.5) is 5.00 Å². The number of hydrogen-bond acceptors (Lipinski definition) is 6. The van der Waals surface area contributed by atoms with Crippen molar-refractivity contribution >= 4 is 34.1 Å². The largest absolute Gasteiger partial charge is 0.462 e. The summed E-state index contributed by atoms with van der Waals surface area (Å²) in [4.78, 5) is 43.9. The van der Waals surface area contributed by atoms with Crippen LogP contribution in [0.2, 0.25) is 0 Å². The van der Waals surface area contributed by atoms with Gasteiger partial charge in [0.05, 0.1) is 18.7 Å². The van der Waals surface area contributed by atoms with E-state index in [2.05, 4.69) is 22.0 Å². The third-order valence-corrected chi connectivity index (χ3v) is 8.64. The summed E-state index contributed by atoms with van der Waals surface area (Å²) in [6.45, 7) is 7.93. The zero-order valence-corrected chi connectivity index (χ0v) is 21.5. The molecule has 188 valence electrons. The number of piperidine rings is 1. The number of carbonyl (C=O) groups is 3. The van der Waals surface area contributed by atoms with Gasteiger partial charge in [0, 0.05) is 23.9 Å². The normalized spacial score (nSPS) is 22.1. The lowest BCUT2D eigenvalue weighted by Gasteiger charge is -2.33. The van der Waals surface area contributed by atoms with Gasteiger partial charge < -0.3 is 15.0 Å². The number of nitrogens with zero attached hydrogens (tertiary/aromatic N) is 2. The van der Waals surface area contributed by atoms with E-state index in [0.29, 0.717) is 29.0 Å². The number of amides is 2. The Bertz CT molecular complexity index is 883. The summed E-state index contributed by atoms with van der Waals surface area (Å²) in [6, 6.07) is 0. The molecule has 8 heteroatoms. The van der Waals surface area contributed by atoms with Crippen molar-refractivity contribution in [3.8, 4) is 0 Å². The molecule has 3 heterocycles. The first-order valence-corrected chi connectivity index (χ1v) is 13.9. The van der Waals surface area contributed by atoms with Gasteiger partial charge in [-0.3, -0.25) is 14.5 Å². The third kappa shape index (κ3) is 6.00. The SMILES string of the molecule is CCOC(=O)c1c(NC(=O)CN2CCC(C(=O)N3CCCCCC3)CC2)sc2c1CCC(C)C2. The van der Waals surface area contributed by atoms with Crippen LogP contribution in [0.1, 0.15) is 79.6 Å². The molecule has 2 aliphatic heterocycles. The molecule has 3 aliphatic rings. The number of likely N-dealkylation sites (tertiary alicyclic amines) is 2. The first-order valence-electron chi connectivity index (χ1n) is 13.1. The molecule has 7 nitrogen and oxygen atoms in total. The number of carbonyl (C=O) groups excluding carboxylic acids is 3. The molecule has 1 N–H and O–H groups in total. The fraction of sp³-hybridized carbons (Fsp3) is 0.731. The predicted octanol–water partition coefficient (Wildman–Crippen LogP) is 4.10. The van der Waals surface area contributed by atoms with Crippen LogP contribution in [0.3, 0.4) is 0 Å². The Kier molecular flexibility index (Phi) is 8.64. The van der Waals surface area contributed by atoms with Crippen LogP contribution in [0, 0.1) is 11.8 Å². The van der Waals surface area contributed by atoms with E-state index in [4.69, 9.17) is 4.74 Å². The molecule has 1 aliphatic carbocycles. The minimum atomic E-state index is -0.335. The first-order chi connectivity index (χ1) is 16.5. The molecule has 0 spiro atoms. The van der Waals surface area contributed by atoms with Gasteiger partial charge in [-0.1, -0.05) is 19.8 Å². The standard InChI is InChI=1S/C26H39N3O4S/c1-3-33-26(32)23-20-9-8-18(2)16-21(20)34-24(23)27-22(30)17-28-14-10-19(11-15-28)25(31)29-12-6-4-5-7-13-29/h18-19H,3-17H2,1-2H3,(H,27,30). The molecule has 1 aromatic rings. The molecule has 0 aromatic carbocycles. The van der Waals surface area contributed by atoms with Crippen molar-refractivity contribution in [1.29, 1.82) is 0 Å². The number of fused-ring (bicyclic) bond motifs is 1. The quantitative estimate of drug-likeness (QED) is 0.609. The van der Waals surface area contributed by atoms with E-state index < -0.39 is 0 Å². The van der Waals surface area contributed by atoms with Gasteiger partial charge in [-0.2, -0.15) is 0 Å². The van der Waals surface area contributed by atoms with Crippen molar-refractivity contribution in [2.45, 2.75) is 71.6 Å². The van der Waals surface area contributed by atoms with E-state index in [0.717, 1.165) is 76.7 Å². The molecule has 1 unspecified atom stereocenters. The number of esters is 1. The van der Waals surface area contributed by atoms with Gasteiger partial charge in [0.1, 0.15) is 5.00 Å². The minimum absolute atomic E-state index is 0.0823. The van der Waals surface area contributed by atoms with E-state index in [-0.39, 0.29) is 24.3 Å². The van der Waals surface area contributed by atoms with Gasteiger partial charge in [-0.05, 0) is 76.4 Å². The Morgan fingerprint density at radius 1 is 1.03 bits per heavy atom. The highest BCUT2D eigenvalue weighted by Gasteiger charge is 2.31. The summed E-state index contributed by atoms with van der Waals surface area (Å²) in [6.07, 6.45) is 9.14. The van der Waals surface area contributed by atoms with E-state index in [9.17, 15) is 14.4 Å². The molecule has 0 saturated carbocycles. The fourth-order valence-corrected chi connectivity index (χ4v) is 6.93. The molecule has 0 radical (unpaired) electrons. The van der Waals surface area contributed by atoms with Crippen LogP contribution in [0.25, 0.3) is 0 Å². The fourth-order valence-electron chi connectivity index (χ4n) is 5.51. The number of anilines is 1. The molecule has 2 saturated heterocycles. The maximum atomic E-state index is 12.9. The summed E-state index contributed by atoms with van der Waals surface area (Å²) in [5, 5.41) is 3.66. The summed E-state index contributed by atoms with van der Waals surface area (Å²) in [5.74, 6) is 0.539. The van der Waals surface area contributed by atoms with Gasteiger partial charge in [0.15, 0.2) is 0 Å². The Morgan fingerprint density at radius 2 is 1.74 bits per heavy atom. The number of nitrogens with one attached hydrogen (secondary N) is 1. The molecule has 4 rings (SSSR count). The second-order valence-electron chi connectivity index (χ2n) is 10.1. The molecule has 1 atom stereocenters. The van der Waals surface area contributed by atoms with Gasteiger partial charge in [-0.15, -0.1) is 11.3 Å². The lowest BCUT2D eigenvalue weighted by atomic mass is 9.88. The number of rotatable bonds is 6. The Morgan fingerprint density at radius 3 is 2.41 bits per heavy atom. The Balaban J connectivity index is 1.33. The molecule has 2 amide bonds. The smallest absolute Gasteiger partial charge is 0.341 e. The van der Waals surface area contributed by atoms with Crippen molar-refractivity contribution in [3.63, 3.8) is 0 Å². The lowest BCUT2D eigenvalue weighted by Crippen LogP contribution is -2.44. The molecule has 2 fully saturated rings. The highest BCUT2D eigenvalue weighted by Crippen LogP contribution is 2.40. The van der Waals surface area contributed by atoms with Crippen molar-refractivity contribution < 1.29 is 19.1 Å². The van der Waals surface area contributed by atoms with Crippen LogP contribution >= 0.6 is 11.3 Å². The molecule has 0 bridgehead atoms. The minimum Gasteiger partial charge on any atom is -0.462 e. The monoisotopic (exact) mass is 489 g/mol. The average Bonchev–Trinajstić information content (AvgIpc) is 2.97. The topological polar surface area (TPSA) is 79.0 Å². The number of thiophene rings is 1. The van der Waals surface area contributed by atoms with Gasteiger partial charge in [0.25, 0.3) is 0 Å². The van der Waals surface area contributed by atoms with Crippen molar-refractivity contribution in [2.75, 3.05) is 44.6 Å². The highest BCUT2D eigenvalue weighted by molar-refractivity contribution is 7.17. The number of hydrogen-bond donors (Lipinski definition) is 1. The van der Waals surface area contributed by atoms with Crippen LogP contribution in [-0.4, -0.2) is 66.9 Å². The van der Waals surface area contributed by atoms with Crippen molar-refractivity contribution in [3.05, 3.63) is 16.0 Å². The van der Waals surface area contributed by atoms with Gasteiger partial charge >= 0.3 is 5.97 Å². The maximum absolute atomic E-state index is 12.9. The van der Waals surface area contributed by atoms with Crippen molar-refractivity contribution in [2.24, 2.45) is 11.8 Å². The van der Waals surface area contributed by atoms with Crippen LogP contribution in [0.5, 0.6) is 0 Å². The van der Waals surface area contributed by atoms with Crippen molar-refractivity contribution in [1.82, 2.24) is 9.80 Å². The van der Waals surface area contributed by atoms with Crippen LogP contribution in [-0.2, 0) is 27.2 Å². The molecular formula is C26H39N3O4S.